The number of anilines is 1. The van der Waals surface area contributed by atoms with E-state index in [0.29, 0.717) is 5.02 Å². The summed E-state index contributed by atoms with van der Waals surface area (Å²) in [5, 5.41) is 6.75. The maximum absolute atomic E-state index is 11.7. The molecule has 2 amide bonds. The average molecular weight is 415 g/mol. The number of rotatable bonds is 3. The van der Waals surface area contributed by atoms with Gasteiger partial charge in [0.05, 0.1) is 16.9 Å². The molecule has 0 saturated carbocycles. The summed E-state index contributed by atoms with van der Waals surface area (Å²) in [6.45, 7) is 0. The summed E-state index contributed by atoms with van der Waals surface area (Å²) >= 11 is 15.0. The quantitative estimate of drug-likeness (QED) is 0.455. The van der Waals surface area contributed by atoms with Gasteiger partial charge < -0.3 is 5.32 Å². The fourth-order valence-electron chi connectivity index (χ4n) is 1.57. The maximum Gasteiger partial charge on any atom is 0.329 e. The highest BCUT2D eigenvalue weighted by Crippen LogP contribution is 2.25. The molecule has 118 valence electrons. The Balaban J connectivity index is 1.93. The summed E-state index contributed by atoms with van der Waals surface area (Å²) in [6, 6.07) is 11.8. The average Bonchev–Trinajstić information content (AvgIpc) is 2.50. The van der Waals surface area contributed by atoms with Gasteiger partial charge in [-0.25, -0.2) is 5.43 Å². The van der Waals surface area contributed by atoms with Crippen molar-refractivity contribution in [2.45, 2.75) is 0 Å². The summed E-state index contributed by atoms with van der Waals surface area (Å²) in [4.78, 5) is 23.4. The molecule has 0 bridgehead atoms. The Kier molecular flexibility index (Phi) is 6.15. The predicted molar refractivity (Wildman–Crippen MR) is 95.0 cm³/mol. The number of halogens is 3. The number of hydrazone groups is 1. The molecule has 0 atom stereocenters. The second kappa shape index (κ2) is 8.10. The molecule has 0 unspecified atom stereocenters. The Labute approximate surface area is 150 Å². The standard InChI is InChI=1S/C15H10BrCl2N3O2/c16-10-3-1-2-9(6-10)8-19-21-15(23)14(22)20-13-5-4-11(17)7-12(13)18/h1-8H,(H,20,22)(H,21,23)/b19-8-. The first-order valence-corrected chi connectivity index (χ1v) is 7.85. The van der Waals surface area contributed by atoms with E-state index in [1.54, 1.807) is 12.1 Å². The first kappa shape index (κ1) is 17.5. The molecule has 0 fully saturated rings. The molecule has 0 aliphatic rings. The van der Waals surface area contributed by atoms with Gasteiger partial charge in [-0.3, -0.25) is 9.59 Å². The molecule has 8 heteroatoms. The number of benzene rings is 2. The van der Waals surface area contributed by atoms with Gasteiger partial charge in [-0.05, 0) is 35.9 Å². The largest absolute Gasteiger partial charge is 0.329 e. The molecular formula is C15H10BrCl2N3O2. The molecule has 23 heavy (non-hydrogen) atoms. The molecule has 0 aliphatic heterocycles. The zero-order chi connectivity index (χ0) is 16.8. The number of carbonyl (C=O) groups is 2. The summed E-state index contributed by atoms with van der Waals surface area (Å²) in [7, 11) is 0. The minimum Gasteiger partial charge on any atom is -0.316 e. The number of carbonyl (C=O) groups excluding carboxylic acids is 2. The Bertz CT molecular complexity index is 781. The number of hydrogen-bond donors (Lipinski definition) is 2. The van der Waals surface area contributed by atoms with Crippen LogP contribution in [0.1, 0.15) is 5.56 Å². The lowest BCUT2D eigenvalue weighted by Crippen LogP contribution is -2.32. The van der Waals surface area contributed by atoms with E-state index in [1.807, 2.05) is 18.2 Å². The first-order valence-electron chi connectivity index (χ1n) is 6.31. The second-order valence-corrected chi connectivity index (χ2v) is 6.09. The first-order chi connectivity index (χ1) is 11.0. The fraction of sp³-hybridized carbons (Fsp3) is 0. The van der Waals surface area contributed by atoms with Gasteiger partial charge in [0.25, 0.3) is 0 Å². The van der Waals surface area contributed by atoms with Crippen LogP contribution in [0, 0.1) is 0 Å². The third-order valence-corrected chi connectivity index (χ3v) is 3.66. The van der Waals surface area contributed by atoms with E-state index in [-0.39, 0.29) is 10.7 Å². The lowest BCUT2D eigenvalue weighted by Gasteiger charge is -2.06. The van der Waals surface area contributed by atoms with Crippen LogP contribution >= 0.6 is 39.1 Å². The van der Waals surface area contributed by atoms with E-state index in [9.17, 15) is 9.59 Å². The van der Waals surface area contributed by atoms with Crippen molar-refractivity contribution in [1.82, 2.24) is 5.43 Å². The van der Waals surface area contributed by atoms with E-state index in [4.69, 9.17) is 23.2 Å². The van der Waals surface area contributed by atoms with Crippen LogP contribution in [0.2, 0.25) is 10.0 Å². The number of nitrogens with zero attached hydrogens (tertiary/aromatic N) is 1. The predicted octanol–water partition coefficient (Wildman–Crippen LogP) is 3.84. The van der Waals surface area contributed by atoms with Crippen LogP contribution in [0.3, 0.4) is 0 Å². The van der Waals surface area contributed by atoms with Gasteiger partial charge >= 0.3 is 11.8 Å². The third-order valence-electron chi connectivity index (χ3n) is 2.61. The fourth-order valence-corrected chi connectivity index (χ4v) is 2.45. The van der Waals surface area contributed by atoms with Gasteiger partial charge in [-0.1, -0.05) is 51.3 Å². The number of amides is 2. The van der Waals surface area contributed by atoms with E-state index in [0.717, 1.165) is 10.0 Å². The normalized spacial score (nSPS) is 10.6. The molecule has 2 rings (SSSR count). The number of nitrogens with one attached hydrogen (secondary N) is 2. The van der Waals surface area contributed by atoms with Crippen LogP contribution < -0.4 is 10.7 Å². The summed E-state index contributed by atoms with van der Waals surface area (Å²) in [6.07, 6.45) is 1.42. The molecule has 2 aromatic rings. The molecular weight excluding hydrogens is 405 g/mol. The Hall–Kier alpha value is -1.89. The summed E-state index contributed by atoms with van der Waals surface area (Å²) in [5.74, 6) is -1.80. The SMILES string of the molecule is O=C(N/N=C\c1cccc(Br)c1)C(=O)Nc1ccc(Cl)cc1Cl. The minimum atomic E-state index is -0.915. The van der Waals surface area contributed by atoms with Crippen molar-refractivity contribution in [2.75, 3.05) is 5.32 Å². The van der Waals surface area contributed by atoms with Gasteiger partial charge in [-0.15, -0.1) is 0 Å². The van der Waals surface area contributed by atoms with Crippen molar-refractivity contribution in [3.63, 3.8) is 0 Å². The van der Waals surface area contributed by atoms with Gasteiger partial charge in [0.2, 0.25) is 0 Å². The lowest BCUT2D eigenvalue weighted by molar-refractivity contribution is -0.136. The van der Waals surface area contributed by atoms with Gasteiger partial charge in [0.1, 0.15) is 0 Å². The highest BCUT2D eigenvalue weighted by Gasteiger charge is 2.14. The molecule has 5 nitrogen and oxygen atoms in total. The maximum atomic E-state index is 11.7. The highest BCUT2D eigenvalue weighted by molar-refractivity contribution is 9.10. The van der Waals surface area contributed by atoms with E-state index >= 15 is 0 Å². The monoisotopic (exact) mass is 413 g/mol. The Morgan fingerprint density at radius 2 is 1.87 bits per heavy atom. The molecule has 0 aliphatic carbocycles. The van der Waals surface area contributed by atoms with Gasteiger partial charge in [-0.2, -0.15) is 5.10 Å². The van der Waals surface area contributed by atoms with E-state index < -0.39 is 11.8 Å². The van der Waals surface area contributed by atoms with Crippen LogP contribution in [-0.2, 0) is 9.59 Å². The van der Waals surface area contributed by atoms with Crippen molar-refractivity contribution in [3.8, 4) is 0 Å². The summed E-state index contributed by atoms with van der Waals surface area (Å²) < 4.78 is 0.878. The molecule has 0 saturated heterocycles. The topological polar surface area (TPSA) is 70.6 Å². The van der Waals surface area contributed by atoms with Crippen LogP contribution in [0.15, 0.2) is 52.0 Å². The smallest absolute Gasteiger partial charge is 0.316 e. The molecule has 0 spiro atoms. The van der Waals surface area contributed by atoms with Crippen LogP contribution in [0.4, 0.5) is 5.69 Å². The molecule has 0 aromatic heterocycles. The lowest BCUT2D eigenvalue weighted by atomic mass is 10.2. The zero-order valence-corrected chi connectivity index (χ0v) is 14.6. The van der Waals surface area contributed by atoms with E-state index in [2.05, 4.69) is 31.8 Å². The van der Waals surface area contributed by atoms with Crippen LogP contribution in [-0.4, -0.2) is 18.0 Å². The number of hydrogen-bond acceptors (Lipinski definition) is 3. The van der Waals surface area contributed by atoms with E-state index in [1.165, 1.54) is 18.3 Å². The van der Waals surface area contributed by atoms with Gasteiger partial charge in [0, 0.05) is 9.50 Å². The third kappa shape index (κ3) is 5.35. The summed E-state index contributed by atoms with van der Waals surface area (Å²) in [5.41, 5.74) is 3.18. The molecule has 2 aromatic carbocycles. The zero-order valence-electron chi connectivity index (χ0n) is 11.5. The molecule has 0 radical (unpaired) electrons. The van der Waals surface area contributed by atoms with Crippen molar-refractivity contribution in [1.29, 1.82) is 0 Å². The van der Waals surface area contributed by atoms with Crippen LogP contribution in [0.25, 0.3) is 0 Å². The van der Waals surface area contributed by atoms with Crippen molar-refractivity contribution >= 4 is 62.8 Å². The molecule has 0 heterocycles. The Morgan fingerprint density at radius 1 is 1.09 bits per heavy atom. The Morgan fingerprint density at radius 3 is 2.57 bits per heavy atom. The van der Waals surface area contributed by atoms with Crippen LogP contribution in [0.5, 0.6) is 0 Å². The van der Waals surface area contributed by atoms with Gasteiger partial charge in [0.15, 0.2) is 0 Å². The molecule has 2 N–H and O–H groups in total. The second-order valence-electron chi connectivity index (χ2n) is 4.33. The van der Waals surface area contributed by atoms with Crippen molar-refractivity contribution in [2.24, 2.45) is 5.10 Å². The van der Waals surface area contributed by atoms with Crippen molar-refractivity contribution < 1.29 is 9.59 Å². The minimum absolute atomic E-state index is 0.233. The van der Waals surface area contributed by atoms with Crippen molar-refractivity contribution in [3.05, 3.63) is 62.5 Å². The highest BCUT2D eigenvalue weighted by atomic mass is 79.9.